The molecule has 36 heavy (non-hydrogen) atoms. The fourth-order valence-corrected chi connectivity index (χ4v) is 5.15. The van der Waals surface area contributed by atoms with Crippen molar-refractivity contribution in [1.29, 1.82) is 0 Å². The Morgan fingerprint density at radius 2 is 1.86 bits per heavy atom. The van der Waals surface area contributed by atoms with E-state index in [0.29, 0.717) is 57.4 Å². The Balaban J connectivity index is 1.39. The maximum atomic E-state index is 13.4. The van der Waals surface area contributed by atoms with Crippen molar-refractivity contribution in [2.75, 3.05) is 44.3 Å². The normalized spacial score (nSPS) is 17.2. The molecule has 186 valence electrons. The minimum Gasteiger partial charge on any atom is -0.378 e. The summed E-state index contributed by atoms with van der Waals surface area (Å²) in [7, 11) is 0. The number of morpholine rings is 1. The van der Waals surface area contributed by atoms with E-state index in [4.69, 9.17) is 14.7 Å². The number of amides is 1. The van der Waals surface area contributed by atoms with Gasteiger partial charge in [0.05, 0.1) is 42.2 Å². The van der Waals surface area contributed by atoms with Crippen LogP contribution in [0.4, 0.5) is 5.95 Å². The highest BCUT2D eigenvalue weighted by atomic mass is 16.5. The number of aromatic nitrogens is 6. The van der Waals surface area contributed by atoms with E-state index >= 15 is 0 Å². The van der Waals surface area contributed by atoms with Crippen molar-refractivity contribution in [2.45, 2.75) is 26.2 Å². The van der Waals surface area contributed by atoms with Crippen LogP contribution in [-0.4, -0.2) is 86.1 Å². The summed E-state index contributed by atoms with van der Waals surface area (Å²) in [6, 6.07) is 5.93. The molecule has 2 aliphatic rings. The first-order chi connectivity index (χ1) is 17.6. The van der Waals surface area contributed by atoms with Gasteiger partial charge in [-0.1, -0.05) is 12.1 Å². The van der Waals surface area contributed by atoms with Crippen LogP contribution < -0.4 is 4.90 Å². The largest absolute Gasteiger partial charge is 0.378 e. The molecule has 0 saturated carbocycles. The van der Waals surface area contributed by atoms with Crippen LogP contribution in [-0.2, 0) is 9.53 Å². The van der Waals surface area contributed by atoms with E-state index in [0.717, 1.165) is 40.4 Å². The number of carbonyl (C=O) groups excluding carboxylic acids is 2. The minimum atomic E-state index is -0.0922. The number of hydrogen-bond donors (Lipinski definition) is 1. The zero-order chi connectivity index (χ0) is 24.6. The number of ether oxygens (including phenoxy) is 1. The summed E-state index contributed by atoms with van der Waals surface area (Å²) in [6.07, 6.45) is 5.46. The van der Waals surface area contributed by atoms with Crippen LogP contribution in [0.1, 0.15) is 31.0 Å². The van der Waals surface area contributed by atoms with Crippen LogP contribution in [0.3, 0.4) is 0 Å². The van der Waals surface area contributed by atoms with E-state index in [-0.39, 0.29) is 17.7 Å². The molecule has 0 atom stereocenters. The Morgan fingerprint density at radius 1 is 1.06 bits per heavy atom. The smallest absolute Gasteiger partial charge is 0.249 e. The molecule has 4 aromatic rings. The number of benzene rings is 1. The molecule has 6 rings (SSSR count). The molecule has 2 saturated heterocycles. The Bertz CT molecular complexity index is 1430. The predicted molar refractivity (Wildman–Crippen MR) is 134 cm³/mol. The van der Waals surface area contributed by atoms with Crippen LogP contribution >= 0.6 is 0 Å². The molecule has 1 amide bonds. The molecule has 2 fully saturated rings. The number of nitrogens with zero attached hydrogens (tertiary/aromatic N) is 7. The van der Waals surface area contributed by atoms with Gasteiger partial charge in [-0.15, -0.1) is 0 Å². The van der Waals surface area contributed by atoms with Gasteiger partial charge in [-0.25, -0.2) is 4.98 Å². The number of anilines is 1. The van der Waals surface area contributed by atoms with Crippen molar-refractivity contribution in [1.82, 2.24) is 34.8 Å². The summed E-state index contributed by atoms with van der Waals surface area (Å²) in [5, 5.41) is 13.4. The Labute approximate surface area is 207 Å². The van der Waals surface area contributed by atoms with Crippen molar-refractivity contribution in [3.05, 3.63) is 30.6 Å². The van der Waals surface area contributed by atoms with E-state index in [1.807, 2.05) is 23.1 Å². The summed E-state index contributed by atoms with van der Waals surface area (Å²) >= 11 is 0. The maximum Gasteiger partial charge on any atom is 0.249 e. The van der Waals surface area contributed by atoms with Gasteiger partial charge in [0.25, 0.3) is 0 Å². The lowest BCUT2D eigenvalue weighted by atomic mass is 9.93. The number of nitrogens with one attached hydrogen (secondary N) is 1. The Morgan fingerprint density at radius 3 is 2.64 bits per heavy atom. The molecule has 0 aliphatic carbocycles. The quantitative estimate of drug-likeness (QED) is 0.465. The molecule has 3 aromatic heterocycles. The fraction of sp³-hybridized carbons (Fsp3) is 0.440. The molecule has 0 bridgehead atoms. The summed E-state index contributed by atoms with van der Waals surface area (Å²) in [5.41, 5.74) is 3.05. The monoisotopic (exact) mass is 488 g/mol. The van der Waals surface area contributed by atoms with Crippen LogP contribution in [0.15, 0.2) is 30.6 Å². The number of piperidine rings is 1. The highest BCUT2D eigenvalue weighted by Crippen LogP contribution is 2.33. The Hall–Kier alpha value is -3.86. The van der Waals surface area contributed by atoms with E-state index in [9.17, 15) is 9.59 Å². The summed E-state index contributed by atoms with van der Waals surface area (Å²) in [5.74, 6) is 0.772. The third kappa shape index (κ3) is 4.09. The van der Waals surface area contributed by atoms with E-state index in [2.05, 4.69) is 20.2 Å². The number of H-pyrrole nitrogens is 1. The number of likely N-dealkylation sites (tertiary alicyclic amines) is 1. The lowest BCUT2D eigenvalue weighted by Gasteiger charge is -2.30. The summed E-state index contributed by atoms with van der Waals surface area (Å²) in [4.78, 5) is 38.8. The van der Waals surface area contributed by atoms with Gasteiger partial charge in [0.15, 0.2) is 5.65 Å². The number of hydrogen-bond acceptors (Lipinski definition) is 8. The van der Waals surface area contributed by atoms with E-state index in [1.165, 1.54) is 4.68 Å². The van der Waals surface area contributed by atoms with Gasteiger partial charge in [-0.3, -0.25) is 14.7 Å². The van der Waals surface area contributed by atoms with Crippen molar-refractivity contribution in [3.8, 4) is 11.3 Å². The second kappa shape index (κ2) is 9.30. The molecule has 1 N–H and O–H groups in total. The summed E-state index contributed by atoms with van der Waals surface area (Å²) in [6.45, 7) is 5.53. The molecule has 0 unspecified atom stereocenters. The zero-order valence-corrected chi connectivity index (χ0v) is 20.2. The van der Waals surface area contributed by atoms with Crippen LogP contribution in [0, 0.1) is 5.92 Å². The van der Waals surface area contributed by atoms with Gasteiger partial charge >= 0.3 is 0 Å². The third-order valence-corrected chi connectivity index (χ3v) is 7.21. The average molecular weight is 489 g/mol. The van der Waals surface area contributed by atoms with Gasteiger partial charge in [-0.2, -0.15) is 19.9 Å². The third-order valence-electron chi connectivity index (χ3n) is 7.21. The van der Waals surface area contributed by atoms with Gasteiger partial charge in [0.1, 0.15) is 0 Å². The Kier molecular flexibility index (Phi) is 5.84. The molecule has 0 spiro atoms. The second-order valence-electron chi connectivity index (χ2n) is 9.45. The highest BCUT2D eigenvalue weighted by Gasteiger charge is 2.26. The highest BCUT2D eigenvalue weighted by molar-refractivity contribution is 6.03. The molecule has 0 radical (unpaired) electrons. The lowest BCUT2D eigenvalue weighted by Crippen LogP contribution is -2.38. The SMILES string of the molecule is CC(=O)N1CCC(CC(=O)n2ncc3c(-c4cccc5[nH]ncc45)nc(N4CCOCC4)nc32)CC1. The standard InChI is InChI=1S/C25H28N8O3/c1-16(34)31-7-5-17(6-8-31)13-22(35)33-24-20(15-27-33)23(18-3-2-4-21-19(18)14-26-30-21)28-25(29-24)32-9-11-36-12-10-32/h2-4,14-15,17H,5-13H2,1H3,(H,26,30). The van der Waals surface area contributed by atoms with E-state index < -0.39 is 0 Å². The number of rotatable bonds is 4. The molecule has 11 heteroatoms. The second-order valence-corrected chi connectivity index (χ2v) is 9.45. The topological polar surface area (TPSA) is 122 Å². The minimum absolute atomic E-state index is 0.0883. The number of carbonyl (C=O) groups is 2. The molecule has 2 aliphatic heterocycles. The number of aromatic amines is 1. The number of fused-ring (bicyclic) bond motifs is 2. The summed E-state index contributed by atoms with van der Waals surface area (Å²) < 4.78 is 6.95. The molecule has 11 nitrogen and oxygen atoms in total. The maximum absolute atomic E-state index is 13.4. The predicted octanol–water partition coefficient (Wildman–Crippen LogP) is 2.50. The zero-order valence-electron chi connectivity index (χ0n) is 20.2. The van der Waals surface area contributed by atoms with Crippen molar-refractivity contribution < 1.29 is 14.3 Å². The average Bonchev–Trinajstić information content (AvgIpc) is 3.56. The van der Waals surface area contributed by atoms with Crippen molar-refractivity contribution in [3.63, 3.8) is 0 Å². The van der Waals surface area contributed by atoms with Crippen LogP contribution in [0.25, 0.3) is 33.2 Å². The van der Waals surface area contributed by atoms with E-state index in [1.54, 1.807) is 19.3 Å². The van der Waals surface area contributed by atoms with Gasteiger partial charge in [0, 0.05) is 50.5 Å². The molecular weight excluding hydrogens is 460 g/mol. The first-order valence-electron chi connectivity index (χ1n) is 12.4. The van der Waals surface area contributed by atoms with Crippen molar-refractivity contribution >= 4 is 39.7 Å². The molecular formula is C25H28N8O3. The lowest BCUT2D eigenvalue weighted by molar-refractivity contribution is -0.130. The van der Waals surface area contributed by atoms with Crippen LogP contribution in [0.5, 0.6) is 0 Å². The molecule has 1 aromatic carbocycles. The van der Waals surface area contributed by atoms with Gasteiger partial charge in [0.2, 0.25) is 17.8 Å². The van der Waals surface area contributed by atoms with Crippen molar-refractivity contribution in [2.24, 2.45) is 5.92 Å². The van der Waals surface area contributed by atoms with Crippen LogP contribution in [0.2, 0.25) is 0 Å². The fourth-order valence-electron chi connectivity index (χ4n) is 5.15. The first kappa shape index (κ1) is 22.6. The first-order valence-corrected chi connectivity index (χ1v) is 12.4. The van der Waals surface area contributed by atoms with Gasteiger partial charge < -0.3 is 14.5 Å². The van der Waals surface area contributed by atoms with Gasteiger partial charge in [-0.05, 0) is 24.8 Å². The molecule has 5 heterocycles.